The van der Waals surface area contributed by atoms with Crippen LogP contribution in [0.3, 0.4) is 0 Å². The molecule has 1 fully saturated rings. The number of nitrogens with zero attached hydrogens (tertiary/aromatic N) is 4. The van der Waals surface area contributed by atoms with Crippen LogP contribution in [0.4, 0.5) is 11.4 Å². The molecule has 2 aromatic carbocycles. The second-order valence-electron chi connectivity index (χ2n) is 7.73. The number of carbonyl (C=O) groups is 1. The standard InChI is InChI=1S/C22H26N6O/c1-16-8-4-5-9-20(16)28-21(25-26-27-28)22(14-6-3-7-15-22)24-19-12-10-18(11-13-19)23-17(2)29/h4-5,8-13,24H,3,6-7,14-15H2,1-2H3,(H,23,29). The SMILES string of the molecule is CC(=O)Nc1ccc(NC2(c3nnnn3-c3ccccc3C)CCCCC2)cc1. The minimum atomic E-state index is -0.334. The highest BCUT2D eigenvalue weighted by atomic mass is 16.1. The van der Waals surface area contributed by atoms with E-state index in [-0.39, 0.29) is 11.4 Å². The number of rotatable bonds is 5. The van der Waals surface area contributed by atoms with E-state index in [1.807, 2.05) is 47.1 Å². The van der Waals surface area contributed by atoms with Gasteiger partial charge in [-0.3, -0.25) is 4.79 Å². The van der Waals surface area contributed by atoms with E-state index in [0.29, 0.717) is 0 Å². The van der Waals surface area contributed by atoms with Gasteiger partial charge in [-0.05, 0) is 66.1 Å². The first kappa shape index (κ1) is 19.1. The molecular weight excluding hydrogens is 364 g/mol. The lowest BCUT2D eigenvalue weighted by molar-refractivity contribution is -0.114. The van der Waals surface area contributed by atoms with Gasteiger partial charge in [-0.25, -0.2) is 0 Å². The molecule has 1 aliphatic carbocycles. The molecule has 0 bridgehead atoms. The van der Waals surface area contributed by atoms with E-state index in [2.05, 4.69) is 39.1 Å². The Morgan fingerprint density at radius 2 is 1.69 bits per heavy atom. The summed E-state index contributed by atoms with van der Waals surface area (Å²) in [7, 11) is 0. The molecule has 0 saturated heterocycles. The van der Waals surface area contributed by atoms with Crippen molar-refractivity contribution in [3.63, 3.8) is 0 Å². The quantitative estimate of drug-likeness (QED) is 0.682. The maximum Gasteiger partial charge on any atom is 0.221 e. The van der Waals surface area contributed by atoms with Crippen LogP contribution in [-0.2, 0) is 10.3 Å². The van der Waals surface area contributed by atoms with Crippen molar-refractivity contribution >= 4 is 17.3 Å². The zero-order valence-electron chi connectivity index (χ0n) is 16.9. The van der Waals surface area contributed by atoms with Crippen LogP contribution in [0.5, 0.6) is 0 Å². The monoisotopic (exact) mass is 390 g/mol. The van der Waals surface area contributed by atoms with Crippen molar-refractivity contribution in [3.05, 3.63) is 59.9 Å². The highest BCUT2D eigenvalue weighted by Gasteiger charge is 2.39. The number of hydrogen-bond acceptors (Lipinski definition) is 5. The lowest BCUT2D eigenvalue weighted by Crippen LogP contribution is -2.40. The first-order valence-corrected chi connectivity index (χ1v) is 10.1. The molecule has 3 aromatic rings. The van der Waals surface area contributed by atoms with Crippen molar-refractivity contribution < 1.29 is 4.79 Å². The van der Waals surface area contributed by atoms with E-state index in [4.69, 9.17) is 0 Å². The van der Waals surface area contributed by atoms with Gasteiger partial charge < -0.3 is 10.6 Å². The summed E-state index contributed by atoms with van der Waals surface area (Å²) < 4.78 is 1.87. The van der Waals surface area contributed by atoms with Crippen LogP contribution < -0.4 is 10.6 Å². The second-order valence-corrected chi connectivity index (χ2v) is 7.73. The van der Waals surface area contributed by atoms with Crippen LogP contribution in [0.25, 0.3) is 5.69 Å². The first-order valence-electron chi connectivity index (χ1n) is 10.1. The Morgan fingerprint density at radius 1 is 1.00 bits per heavy atom. The van der Waals surface area contributed by atoms with E-state index in [0.717, 1.165) is 54.1 Å². The average Bonchev–Trinajstić information content (AvgIpc) is 3.21. The number of carbonyl (C=O) groups excluding carboxylic acids is 1. The third-order valence-corrected chi connectivity index (χ3v) is 5.54. The smallest absolute Gasteiger partial charge is 0.221 e. The molecule has 0 aliphatic heterocycles. The first-order chi connectivity index (χ1) is 14.1. The van der Waals surface area contributed by atoms with Crippen LogP contribution >= 0.6 is 0 Å². The number of aryl methyl sites for hydroxylation is 1. The minimum Gasteiger partial charge on any atom is -0.373 e. The van der Waals surface area contributed by atoms with Crippen molar-refractivity contribution in [2.45, 2.75) is 51.5 Å². The summed E-state index contributed by atoms with van der Waals surface area (Å²) in [5.41, 5.74) is 3.57. The second kappa shape index (κ2) is 8.03. The molecule has 7 nitrogen and oxygen atoms in total. The summed E-state index contributed by atoms with van der Waals surface area (Å²) in [5, 5.41) is 19.3. The summed E-state index contributed by atoms with van der Waals surface area (Å²) >= 11 is 0. The zero-order valence-corrected chi connectivity index (χ0v) is 16.9. The third kappa shape index (κ3) is 3.99. The van der Waals surface area contributed by atoms with Gasteiger partial charge in [-0.15, -0.1) is 5.10 Å². The molecule has 1 aliphatic rings. The number of anilines is 2. The number of tetrazole rings is 1. The maximum atomic E-state index is 11.3. The Labute approximate surface area is 170 Å². The highest BCUT2D eigenvalue weighted by Crippen LogP contribution is 2.40. The Bertz CT molecular complexity index is 989. The zero-order chi connectivity index (χ0) is 20.3. The molecule has 0 atom stereocenters. The van der Waals surface area contributed by atoms with Crippen LogP contribution in [-0.4, -0.2) is 26.1 Å². The fourth-order valence-electron chi connectivity index (χ4n) is 4.13. The van der Waals surface area contributed by atoms with E-state index < -0.39 is 0 Å². The molecule has 7 heteroatoms. The fourth-order valence-corrected chi connectivity index (χ4v) is 4.13. The van der Waals surface area contributed by atoms with Crippen molar-refractivity contribution in [2.75, 3.05) is 10.6 Å². The van der Waals surface area contributed by atoms with E-state index >= 15 is 0 Å². The number of nitrogens with one attached hydrogen (secondary N) is 2. The molecule has 0 radical (unpaired) electrons. The Balaban J connectivity index is 1.69. The Morgan fingerprint density at radius 3 is 2.38 bits per heavy atom. The van der Waals surface area contributed by atoms with E-state index in [1.165, 1.54) is 13.3 Å². The number of benzene rings is 2. The van der Waals surface area contributed by atoms with E-state index in [1.54, 1.807) is 0 Å². The maximum absolute atomic E-state index is 11.3. The minimum absolute atomic E-state index is 0.0770. The van der Waals surface area contributed by atoms with Crippen LogP contribution in [0, 0.1) is 6.92 Å². The molecule has 2 N–H and O–H groups in total. The molecule has 1 saturated carbocycles. The summed E-state index contributed by atoms with van der Waals surface area (Å²) in [6.45, 7) is 3.58. The van der Waals surface area contributed by atoms with Crippen molar-refractivity contribution in [1.82, 2.24) is 20.2 Å². The Kier molecular flexibility index (Phi) is 5.29. The highest BCUT2D eigenvalue weighted by molar-refractivity contribution is 5.88. The van der Waals surface area contributed by atoms with Crippen LogP contribution in [0.1, 0.15) is 50.4 Å². The van der Waals surface area contributed by atoms with Crippen LogP contribution in [0.2, 0.25) is 0 Å². The van der Waals surface area contributed by atoms with Crippen molar-refractivity contribution in [1.29, 1.82) is 0 Å². The topological polar surface area (TPSA) is 84.7 Å². The third-order valence-electron chi connectivity index (χ3n) is 5.54. The lowest BCUT2D eigenvalue weighted by Gasteiger charge is -2.37. The van der Waals surface area contributed by atoms with Gasteiger partial charge in [0.25, 0.3) is 0 Å². The van der Waals surface area contributed by atoms with Gasteiger partial charge in [0.05, 0.1) is 11.2 Å². The predicted molar refractivity (Wildman–Crippen MR) is 113 cm³/mol. The van der Waals surface area contributed by atoms with Gasteiger partial charge in [-0.1, -0.05) is 37.5 Å². The number of hydrogen-bond donors (Lipinski definition) is 2. The summed E-state index contributed by atoms with van der Waals surface area (Å²) in [6, 6.07) is 15.9. The van der Waals surface area contributed by atoms with Crippen LogP contribution in [0.15, 0.2) is 48.5 Å². The molecule has 0 spiro atoms. The molecule has 4 rings (SSSR count). The van der Waals surface area contributed by atoms with Gasteiger partial charge in [0.1, 0.15) is 0 Å². The van der Waals surface area contributed by atoms with Gasteiger partial charge in [0, 0.05) is 18.3 Å². The fraction of sp³-hybridized carbons (Fsp3) is 0.364. The summed E-state index contributed by atoms with van der Waals surface area (Å²) in [4.78, 5) is 11.3. The molecule has 29 heavy (non-hydrogen) atoms. The molecule has 150 valence electrons. The molecule has 0 unspecified atom stereocenters. The van der Waals surface area contributed by atoms with Gasteiger partial charge in [0.2, 0.25) is 5.91 Å². The molecule has 1 amide bonds. The van der Waals surface area contributed by atoms with E-state index in [9.17, 15) is 4.79 Å². The van der Waals surface area contributed by atoms with Gasteiger partial charge in [-0.2, -0.15) is 4.68 Å². The van der Waals surface area contributed by atoms with Gasteiger partial charge >= 0.3 is 0 Å². The summed E-state index contributed by atoms with van der Waals surface area (Å²) in [6.07, 6.45) is 5.39. The lowest BCUT2D eigenvalue weighted by atomic mass is 9.80. The average molecular weight is 390 g/mol. The van der Waals surface area contributed by atoms with Crippen molar-refractivity contribution in [2.24, 2.45) is 0 Å². The normalized spacial score (nSPS) is 15.7. The summed E-state index contributed by atoms with van der Waals surface area (Å²) in [5.74, 6) is 0.768. The molecule has 1 aromatic heterocycles. The van der Waals surface area contributed by atoms with Crippen molar-refractivity contribution in [3.8, 4) is 5.69 Å². The number of aromatic nitrogens is 4. The molecule has 1 heterocycles. The largest absolute Gasteiger partial charge is 0.373 e. The van der Waals surface area contributed by atoms with Gasteiger partial charge in [0.15, 0.2) is 5.82 Å². The molecular formula is C22H26N6O. The number of amides is 1. The number of para-hydroxylation sites is 1. The predicted octanol–water partition coefficient (Wildman–Crippen LogP) is 4.20. The Hall–Kier alpha value is -3.22.